The molecule has 1 unspecified atom stereocenters. The third-order valence-electron chi connectivity index (χ3n) is 4.50. The van der Waals surface area contributed by atoms with Crippen LogP contribution in [0.3, 0.4) is 0 Å². The predicted octanol–water partition coefficient (Wildman–Crippen LogP) is 1.79. The van der Waals surface area contributed by atoms with Crippen LogP contribution in [0.4, 0.5) is 5.69 Å². The summed E-state index contributed by atoms with van der Waals surface area (Å²) in [5.41, 5.74) is 1.43. The number of benzene rings is 2. The number of methoxy groups -OCH3 is 1. The Morgan fingerprint density at radius 3 is 2.58 bits per heavy atom. The zero-order chi connectivity index (χ0) is 22.4. The van der Waals surface area contributed by atoms with Gasteiger partial charge in [0.05, 0.1) is 30.3 Å². The number of aromatic nitrogens is 3. The van der Waals surface area contributed by atoms with Crippen LogP contribution in [0.15, 0.2) is 55.1 Å². The van der Waals surface area contributed by atoms with E-state index in [1.165, 1.54) is 25.6 Å². The summed E-state index contributed by atoms with van der Waals surface area (Å²) in [7, 11) is 1.30. The fraction of sp³-hybridized carbons (Fsp3) is 0.200. The molecule has 1 atom stereocenters. The van der Waals surface area contributed by atoms with E-state index in [2.05, 4.69) is 20.7 Å². The Hall–Kier alpha value is -4.28. The molecule has 3 rings (SSSR count). The number of amides is 2. The third kappa shape index (κ3) is 5.21. The molecule has 160 valence electrons. The first kappa shape index (κ1) is 21.4. The summed E-state index contributed by atoms with van der Waals surface area (Å²) in [5.74, 6) is -0.960. The van der Waals surface area contributed by atoms with Gasteiger partial charge in [-0.3, -0.25) is 19.7 Å². The minimum Gasteiger partial charge on any atom is -0.490 e. The van der Waals surface area contributed by atoms with Crippen molar-refractivity contribution in [3.05, 3.63) is 76.4 Å². The third-order valence-corrected chi connectivity index (χ3v) is 4.50. The van der Waals surface area contributed by atoms with E-state index in [4.69, 9.17) is 4.74 Å². The van der Waals surface area contributed by atoms with E-state index < -0.39 is 16.7 Å². The molecule has 0 aliphatic heterocycles. The van der Waals surface area contributed by atoms with Gasteiger partial charge in [0, 0.05) is 11.6 Å². The summed E-state index contributed by atoms with van der Waals surface area (Å²) in [4.78, 5) is 38.8. The number of ether oxygens (including phenoxy) is 1. The van der Waals surface area contributed by atoms with E-state index >= 15 is 0 Å². The zero-order valence-electron chi connectivity index (χ0n) is 16.8. The van der Waals surface area contributed by atoms with Crippen molar-refractivity contribution < 1.29 is 19.2 Å². The van der Waals surface area contributed by atoms with Crippen molar-refractivity contribution in [1.29, 1.82) is 0 Å². The number of carbonyl (C=O) groups is 2. The molecule has 2 N–H and O–H groups in total. The second-order valence-corrected chi connectivity index (χ2v) is 6.55. The summed E-state index contributed by atoms with van der Waals surface area (Å²) < 4.78 is 6.53. The molecule has 31 heavy (non-hydrogen) atoms. The molecule has 0 bridgehead atoms. The lowest BCUT2D eigenvalue weighted by Gasteiger charge is -2.15. The van der Waals surface area contributed by atoms with Gasteiger partial charge < -0.3 is 15.4 Å². The molecule has 0 saturated carbocycles. The topological polar surface area (TPSA) is 141 Å². The molecule has 0 spiro atoms. The first-order chi connectivity index (χ1) is 14.9. The number of nitrogens with one attached hydrogen (secondary N) is 2. The molecule has 3 aromatic rings. The van der Waals surface area contributed by atoms with Crippen molar-refractivity contribution in [1.82, 2.24) is 25.4 Å². The van der Waals surface area contributed by atoms with Gasteiger partial charge in [-0.05, 0) is 36.8 Å². The Morgan fingerprint density at radius 1 is 1.23 bits per heavy atom. The van der Waals surface area contributed by atoms with Gasteiger partial charge >= 0.3 is 5.69 Å². The van der Waals surface area contributed by atoms with Crippen LogP contribution in [0.25, 0.3) is 5.69 Å². The smallest absolute Gasteiger partial charge is 0.311 e. The summed E-state index contributed by atoms with van der Waals surface area (Å²) in [6.07, 6.45) is 3.02. The molecule has 0 aliphatic carbocycles. The number of nitro benzene ring substituents is 1. The van der Waals surface area contributed by atoms with Crippen molar-refractivity contribution in [3.63, 3.8) is 0 Å². The SMILES string of the molecule is COc1ccc(C(=O)NCC(=O)NC(C)c2ccc(-n3cncn3)cc2)cc1[N+](=O)[O-]. The molecule has 2 aromatic carbocycles. The van der Waals surface area contributed by atoms with Crippen LogP contribution in [0.1, 0.15) is 28.9 Å². The van der Waals surface area contributed by atoms with Gasteiger partial charge in [-0.2, -0.15) is 5.10 Å². The van der Waals surface area contributed by atoms with Crippen molar-refractivity contribution in [3.8, 4) is 11.4 Å². The van der Waals surface area contributed by atoms with Crippen LogP contribution in [0.2, 0.25) is 0 Å². The second kappa shape index (κ2) is 9.48. The molecule has 1 heterocycles. The summed E-state index contributed by atoms with van der Waals surface area (Å²) in [6, 6.07) is 10.9. The quantitative estimate of drug-likeness (QED) is 0.415. The van der Waals surface area contributed by atoms with E-state index in [9.17, 15) is 19.7 Å². The van der Waals surface area contributed by atoms with Crippen molar-refractivity contribution in [2.24, 2.45) is 0 Å². The Balaban J connectivity index is 1.55. The highest BCUT2D eigenvalue weighted by Crippen LogP contribution is 2.27. The molecular formula is C20H20N6O5. The lowest BCUT2D eigenvalue weighted by Crippen LogP contribution is -2.38. The zero-order valence-corrected chi connectivity index (χ0v) is 16.8. The van der Waals surface area contributed by atoms with Crippen molar-refractivity contribution in [2.75, 3.05) is 13.7 Å². The predicted molar refractivity (Wildman–Crippen MR) is 110 cm³/mol. The molecule has 11 nitrogen and oxygen atoms in total. The minimum absolute atomic E-state index is 0.0444. The largest absolute Gasteiger partial charge is 0.490 e. The van der Waals surface area contributed by atoms with E-state index in [0.29, 0.717) is 0 Å². The Labute approximate surface area is 177 Å². The lowest BCUT2D eigenvalue weighted by molar-refractivity contribution is -0.385. The molecule has 0 saturated heterocycles. The maximum atomic E-state index is 12.3. The standard InChI is InChI=1S/C20H20N6O5/c1-13(14-3-6-16(7-4-14)25-12-21-11-23-25)24-19(27)10-22-20(28)15-5-8-18(31-2)17(9-15)26(29)30/h3-9,11-13H,10H2,1-2H3,(H,22,28)(H,24,27). The van der Waals surface area contributed by atoms with Crippen LogP contribution in [-0.2, 0) is 4.79 Å². The highest BCUT2D eigenvalue weighted by molar-refractivity contribution is 5.97. The highest BCUT2D eigenvalue weighted by Gasteiger charge is 2.19. The van der Waals surface area contributed by atoms with Crippen LogP contribution in [0, 0.1) is 10.1 Å². The van der Waals surface area contributed by atoms with Crippen LogP contribution >= 0.6 is 0 Å². The first-order valence-corrected chi connectivity index (χ1v) is 9.24. The van der Waals surface area contributed by atoms with Crippen molar-refractivity contribution >= 4 is 17.5 Å². The van der Waals surface area contributed by atoms with Gasteiger partial charge in [0.2, 0.25) is 5.91 Å². The molecule has 1 aromatic heterocycles. The van der Waals surface area contributed by atoms with Crippen LogP contribution in [0.5, 0.6) is 5.75 Å². The summed E-state index contributed by atoms with van der Waals surface area (Å²) in [5, 5.41) is 20.4. The van der Waals surface area contributed by atoms with Gasteiger partial charge in [-0.1, -0.05) is 12.1 Å². The first-order valence-electron chi connectivity index (χ1n) is 9.24. The van der Waals surface area contributed by atoms with Gasteiger partial charge in [0.25, 0.3) is 5.91 Å². The number of nitro groups is 1. The molecule has 0 radical (unpaired) electrons. The van der Waals surface area contributed by atoms with E-state index in [1.807, 2.05) is 31.2 Å². The average molecular weight is 424 g/mol. The van der Waals surface area contributed by atoms with Gasteiger partial charge in [0.15, 0.2) is 5.75 Å². The molecular weight excluding hydrogens is 404 g/mol. The number of carbonyl (C=O) groups excluding carboxylic acids is 2. The minimum atomic E-state index is -0.641. The Bertz CT molecular complexity index is 1080. The Kier molecular flexibility index (Phi) is 6.55. The molecule has 2 amide bonds. The maximum absolute atomic E-state index is 12.3. The van der Waals surface area contributed by atoms with Gasteiger partial charge in [-0.25, -0.2) is 9.67 Å². The summed E-state index contributed by atoms with van der Waals surface area (Å²) in [6.45, 7) is 1.54. The molecule has 0 fully saturated rings. The number of nitrogens with zero attached hydrogens (tertiary/aromatic N) is 4. The van der Waals surface area contributed by atoms with E-state index in [0.717, 1.165) is 17.3 Å². The van der Waals surface area contributed by atoms with E-state index in [1.54, 1.807) is 11.0 Å². The molecule has 0 aliphatic rings. The number of hydrogen-bond acceptors (Lipinski definition) is 7. The maximum Gasteiger partial charge on any atom is 0.311 e. The van der Waals surface area contributed by atoms with Crippen LogP contribution < -0.4 is 15.4 Å². The monoisotopic (exact) mass is 424 g/mol. The molecule has 11 heteroatoms. The fourth-order valence-electron chi connectivity index (χ4n) is 2.87. The number of hydrogen-bond donors (Lipinski definition) is 2. The average Bonchev–Trinajstić information content (AvgIpc) is 3.32. The second-order valence-electron chi connectivity index (χ2n) is 6.55. The van der Waals surface area contributed by atoms with Crippen LogP contribution in [-0.4, -0.2) is 45.2 Å². The van der Waals surface area contributed by atoms with Crippen molar-refractivity contribution in [2.45, 2.75) is 13.0 Å². The normalized spacial score (nSPS) is 11.4. The van der Waals surface area contributed by atoms with Gasteiger partial charge in [-0.15, -0.1) is 0 Å². The van der Waals surface area contributed by atoms with Gasteiger partial charge in [0.1, 0.15) is 12.7 Å². The highest BCUT2D eigenvalue weighted by atomic mass is 16.6. The number of rotatable bonds is 8. The Morgan fingerprint density at radius 2 is 1.97 bits per heavy atom. The summed E-state index contributed by atoms with van der Waals surface area (Å²) >= 11 is 0. The fourth-order valence-corrected chi connectivity index (χ4v) is 2.87. The lowest BCUT2D eigenvalue weighted by atomic mass is 10.1. The van der Waals surface area contributed by atoms with E-state index in [-0.39, 0.29) is 29.6 Å².